The van der Waals surface area contributed by atoms with E-state index >= 15 is 0 Å². The van der Waals surface area contributed by atoms with Crippen LogP contribution in [0.25, 0.3) is 0 Å². The van der Waals surface area contributed by atoms with Gasteiger partial charge in [-0.1, -0.05) is 12.8 Å². The van der Waals surface area contributed by atoms with Crippen LogP contribution in [0.1, 0.15) is 36.8 Å². The minimum atomic E-state index is 0.0989. The molecule has 0 bridgehead atoms. The van der Waals surface area contributed by atoms with Crippen LogP contribution in [0.4, 0.5) is 0 Å². The second kappa shape index (κ2) is 5.19. The van der Waals surface area contributed by atoms with Crippen molar-refractivity contribution in [3.05, 3.63) is 23.3 Å². The minimum Gasteiger partial charge on any atom is -0.497 e. The quantitative estimate of drug-likeness (QED) is 0.892. The number of aryl methyl sites for hydroxylation is 1. The van der Waals surface area contributed by atoms with Crippen LogP contribution >= 0.6 is 0 Å². The molecule has 0 atom stereocenters. The van der Waals surface area contributed by atoms with Crippen molar-refractivity contribution in [3.63, 3.8) is 0 Å². The zero-order chi connectivity index (χ0) is 13.2. The molecule has 2 rings (SSSR count). The number of hydrogen-bond donors (Lipinski definition) is 1. The Morgan fingerprint density at radius 3 is 2.33 bits per heavy atom. The van der Waals surface area contributed by atoms with Crippen LogP contribution in [0.5, 0.6) is 11.5 Å². The molecule has 2 N–H and O–H groups in total. The van der Waals surface area contributed by atoms with Gasteiger partial charge in [0, 0.05) is 23.6 Å². The van der Waals surface area contributed by atoms with E-state index in [1.165, 1.54) is 24.0 Å². The van der Waals surface area contributed by atoms with Crippen LogP contribution in [-0.2, 0) is 5.41 Å². The molecule has 0 amide bonds. The molecule has 18 heavy (non-hydrogen) atoms. The molecule has 0 aliphatic heterocycles. The molecule has 100 valence electrons. The third kappa shape index (κ3) is 2.07. The number of hydrogen-bond acceptors (Lipinski definition) is 3. The van der Waals surface area contributed by atoms with Crippen LogP contribution in [0, 0.1) is 6.92 Å². The van der Waals surface area contributed by atoms with Gasteiger partial charge in [0.1, 0.15) is 11.5 Å². The first-order valence-corrected chi connectivity index (χ1v) is 6.60. The molecular weight excluding hydrogens is 226 g/mol. The molecule has 0 saturated heterocycles. The zero-order valence-corrected chi connectivity index (χ0v) is 11.6. The molecular formula is C15H23NO2. The summed E-state index contributed by atoms with van der Waals surface area (Å²) in [6, 6.07) is 4.05. The highest BCUT2D eigenvalue weighted by molar-refractivity contribution is 5.51. The van der Waals surface area contributed by atoms with Gasteiger partial charge in [0.15, 0.2) is 0 Å². The van der Waals surface area contributed by atoms with Gasteiger partial charge in [-0.05, 0) is 31.4 Å². The standard InChI is InChI=1S/C15H23NO2/c1-11-8-12(17-2)9-13(18-3)14(11)15(10-16)6-4-5-7-15/h8-9H,4-7,10,16H2,1-3H3. The van der Waals surface area contributed by atoms with Gasteiger partial charge in [-0.15, -0.1) is 0 Å². The van der Waals surface area contributed by atoms with Crippen molar-refractivity contribution in [1.29, 1.82) is 0 Å². The summed E-state index contributed by atoms with van der Waals surface area (Å²) in [4.78, 5) is 0. The summed E-state index contributed by atoms with van der Waals surface area (Å²) < 4.78 is 10.9. The number of benzene rings is 1. The van der Waals surface area contributed by atoms with Crippen molar-refractivity contribution in [2.75, 3.05) is 20.8 Å². The molecule has 1 aliphatic rings. The fourth-order valence-electron chi connectivity index (χ4n) is 3.29. The maximum absolute atomic E-state index is 6.08. The monoisotopic (exact) mass is 249 g/mol. The first-order chi connectivity index (χ1) is 8.66. The van der Waals surface area contributed by atoms with E-state index in [0.29, 0.717) is 6.54 Å². The van der Waals surface area contributed by atoms with Crippen molar-refractivity contribution < 1.29 is 9.47 Å². The fraction of sp³-hybridized carbons (Fsp3) is 0.600. The van der Waals surface area contributed by atoms with E-state index in [-0.39, 0.29) is 5.41 Å². The molecule has 1 saturated carbocycles. The number of methoxy groups -OCH3 is 2. The summed E-state index contributed by atoms with van der Waals surface area (Å²) in [6.07, 6.45) is 4.83. The van der Waals surface area contributed by atoms with Crippen molar-refractivity contribution in [3.8, 4) is 11.5 Å². The molecule has 3 nitrogen and oxygen atoms in total. The maximum atomic E-state index is 6.08. The molecule has 1 aromatic rings. The van der Waals surface area contributed by atoms with E-state index in [2.05, 4.69) is 13.0 Å². The lowest BCUT2D eigenvalue weighted by Gasteiger charge is -2.31. The van der Waals surface area contributed by atoms with Gasteiger partial charge in [0.05, 0.1) is 14.2 Å². The SMILES string of the molecule is COc1cc(C)c(C2(CN)CCCC2)c(OC)c1. The van der Waals surface area contributed by atoms with Gasteiger partial charge < -0.3 is 15.2 Å². The summed E-state index contributed by atoms with van der Waals surface area (Å²) in [7, 11) is 3.40. The smallest absolute Gasteiger partial charge is 0.126 e. The summed E-state index contributed by atoms with van der Waals surface area (Å²) in [5.41, 5.74) is 8.68. The largest absolute Gasteiger partial charge is 0.497 e. The van der Waals surface area contributed by atoms with Crippen LogP contribution in [0.3, 0.4) is 0 Å². The molecule has 0 spiro atoms. The van der Waals surface area contributed by atoms with Crippen molar-refractivity contribution in [1.82, 2.24) is 0 Å². The van der Waals surface area contributed by atoms with Crippen LogP contribution in [0.2, 0.25) is 0 Å². The predicted molar refractivity (Wildman–Crippen MR) is 73.5 cm³/mol. The van der Waals surface area contributed by atoms with Gasteiger partial charge in [0.25, 0.3) is 0 Å². The highest BCUT2D eigenvalue weighted by atomic mass is 16.5. The number of nitrogens with two attached hydrogens (primary N) is 1. The first-order valence-electron chi connectivity index (χ1n) is 6.60. The van der Waals surface area contributed by atoms with E-state index in [4.69, 9.17) is 15.2 Å². The van der Waals surface area contributed by atoms with Crippen LogP contribution < -0.4 is 15.2 Å². The molecule has 1 aromatic carbocycles. The molecule has 0 aromatic heterocycles. The molecule has 3 heteroatoms. The third-order valence-electron chi connectivity index (χ3n) is 4.21. The Morgan fingerprint density at radius 2 is 1.83 bits per heavy atom. The second-order valence-corrected chi connectivity index (χ2v) is 5.21. The Hall–Kier alpha value is -1.22. The lowest BCUT2D eigenvalue weighted by atomic mass is 9.76. The van der Waals surface area contributed by atoms with Crippen molar-refractivity contribution in [2.24, 2.45) is 5.73 Å². The highest BCUT2D eigenvalue weighted by Crippen LogP contribution is 2.46. The van der Waals surface area contributed by atoms with Gasteiger partial charge in [-0.25, -0.2) is 0 Å². The van der Waals surface area contributed by atoms with Crippen molar-refractivity contribution >= 4 is 0 Å². The van der Waals surface area contributed by atoms with Crippen LogP contribution in [0.15, 0.2) is 12.1 Å². The third-order valence-corrected chi connectivity index (χ3v) is 4.21. The Bertz CT molecular complexity index is 423. The van der Waals surface area contributed by atoms with E-state index in [9.17, 15) is 0 Å². The van der Waals surface area contributed by atoms with Gasteiger partial charge in [0.2, 0.25) is 0 Å². The Morgan fingerprint density at radius 1 is 1.17 bits per heavy atom. The highest BCUT2D eigenvalue weighted by Gasteiger charge is 2.37. The molecule has 0 unspecified atom stereocenters. The van der Waals surface area contributed by atoms with Crippen molar-refractivity contribution in [2.45, 2.75) is 38.0 Å². The summed E-state index contributed by atoms with van der Waals surface area (Å²) >= 11 is 0. The summed E-state index contributed by atoms with van der Waals surface area (Å²) in [5, 5.41) is 0. The fourth-order valence-corrected chi connectivity index (χ4v) is 3.29. The Kier molecular flexibility index (Phi) is 3.81. The normalized spacial score (nSPS) is 17.8. The maximum Gasteiger partial charge on any atom is 0.126 e. The summed E-state index contributed by atoms with van der Waals surface area (Å²) in [6.45, 7) is 2.81. The molecule has 1 aliphatic carbocycles. The minimum absolute atomic E-state index is 0.0989. The van der Waals surface area contributed by atoms with Gasteiger partial charge in [-0.2, -0.15) is 0 Å². The van der Waals surface area contributed by atoms with E-state index < -0.39 is 0 Å². The lowest BCUT2D eigenvalue weighted by Crippen LogP contribution is -2.33. The van der Waals surface area contributed by atoms with E-state index in [1.54, 1.807) is 14.2 Å². The van der Waals surface area contributed by atoms with Crippen LogP contribution in [-0.4, -0.2) is 20.8 Å². The Balaban J connectivity index is 2.55. The molecule has 0 radical (unpaired) electrons. The average Bonchev–Trinajstić information content (AvgIpc) is 2.87. The average molecular weight is 249 g/mol. The van der Waals surface area contributed by atoms with E-state index in [0.717, 1.165) is 24.3 Å². The number of rotatable bonds is 4. The molecule has 0 heterocycles. The van der Waals surface area contributed by atoms with Gasteiger partial charge >= 0.3 is 0 Å². The second-order valence-electron chi connectivity index (χ2n) is 5.21. The number of ether oxygens (including phenoxy) is 2. The molecule has 1 fully saturated rings. The first kappa shape index (κ1) is 13.2. The van der Waals surface area contributed by atoms with E-state index in [1.807, 2.05) is 6.07 Å². The van der Waals surface area contributed by atoms with Gasteiger partial charge in [-0.3, -0.25) is 0 Å². The summed E-state index contributed by atoms with van der Waals surface area (Å²) in [5.74, 6) is 1.76. The topological polar surface area (TPSA) is 44.5 Å². The lowest BCUT2D eigenvalue weighted by molar-refractivity contribution is 0.367. The zero-order valence-electron chi connectivity index (χ0n) is 11.6. The Labute approximate surface area is 109 Å². The predicted octanol–water partition coefficient (Wildman–Crippen LogP) is 2.78.